The lowest BCUT2D eigenvalue weighted by molar-refractivity contribution is -0.122. The molecule has 2 heterocycles. The van der Waals surface area contributed by atoms with Crippen molar-refractivity contribution < 1.29 is 13.2 Å². The van der Waals surface area contributed by atoms with Crippen molar-refractivity contribution >= 4 is 15.9 Å². The van der Waals surface area contributed by atoms with Gasteiger partial charge in [-0.1, -0.05) is 6.92 Å². The van der Waals surface area contributed by atoms with Gasteiger partial charge in [-0.15, -0.1) is 0 Å². The number of aromatic amines is 1. The van der Waals surface area contributed by atoms with Gasteiger partial charge in [0.15, 0.2) is 0 Å². The van der Waals surface area contributed by atoms with Crippen LogP contribution in [0.1, 0.15) is 38.3 Å². The summed E-state index contributed by atoms with van der Waals surface area (Å²) in [6.07, 6.45) is 3.97. The van der Waals surface area contributed by atoms with Gasteiger partial charge in [0.05, 0.1) is 11.9 Å². The lowest BCUT2D eigenvalue weighted by atomic mass is 10.1. The van der Waals surface area contributed by atoms with Crippen molar-refractivity contribution in [2.75, 3.05) is 13.1 Å². The molecule has 118 valence electrons. The van der Waals surface area contributed by atoms with Gasteiger partial charge in [-0.05, 0) is 26.2 Å². The van der Waals surface area contributed by atoms with E-state index in [4.69, 9.17) is 0 Å². The molecule has 1 fully saturated rings. The number of sulfonamides is 1. The van der Waals surface area contributed by atoms with Gasteiger partial charge in [0, 0.05) is 25.6 Å². The Balaban J connectivity index is 1.95. The Bertz CT molecular complexity index is 588. The molecule has 1 saturated heterocycles. The largest absolute Gasteiger partial charge is 0.353 e. The van der Waals surface area contributed by atoms with Crippen molar-refractivity contribution in [3.63, 3.8) is 0 Å². The van der Waals surface area contributed by atoms with Crippen LogP contribution in [-0.2, 0) is 14.8 Å². The summed E-state index contributed by atoms with van der Waals surface area (Å²) < 4.78 is 26.4. The summed E-state index contributed by atoms with van der Waals surface area (Å²) in [6.45, 7) is 4.49. The van der Waals surface area contributed by atoms with E-state index >= 15 is 0 Å². The van der Waals surface area contributed by atoms with Gasteiger partial charge in [0.25, 0.3) is 0 Å². The van der Waals surface area contributed by atoms with Crippen LogP contribution in [0.5, 0.6) is 0 Å². The molecule has 1 aromatic heterocycles. The third-order valence-electron chi connectivity index (χ3n) is 3.70. The first-order chi connectivity index (χ1) is 9.95. The van der Waals surface area contributed by atoms with Crippen LogP contribution in [0.25, 0.3) is 0 Å². The van der Waals surface area contributed by atoms with E-state index in [1.165, 1.54) is 10.5 Å². The third kappa shape index (κ3) is 3.62. The zero-order valence-corrected chi connectivity index (χ0v) is 13.2. The van der Waals surface area contributed by atoms with Crippen LogP contribution in [0, 0.1) is 6.92 Å². The van der Waals surface area contributed by atoms with Gasteiger partial charge >= 0.3 is 0 Å². The standard InChI is InChI=1S/C13H22N4O3S/c1-3-4-13(18)15-11-5-7-17(8-6-11)21(19,20)12-9-14-16-10(12)2/h9,11H,3-8H2,1-2H3,(H,14,16)(H,15,18). The lowest BCUT2D eigenvalue weighted by Crippen LogP contribution is -2.46. The minimum Gasteiger partial charge on any atom is -0.353 e. The normalized spacial score (nSPS) is 17.8. The van der Waals surface area contributed by atoms with Crippen LogP contribution in [0.3, 0.4) is 0 Å². The molecule has 0 radical (unpaired) electrons. The SMILES string of the molecule is CCCC(=O)NC1CCN(S(=O)(=O)c2cn[nH]c2C)CC1. The van der Waals surface area contributed by atoms with Crippen LogP contribution in [0.15, 0.2) is 11.1 Å². The number of aryl methyl sites for hydroxylation is 1. The topological polar surface area (TPSA) is 95.2 Å². The lowest BCUT2D eigenvalue weighted by Gasteiger charge is -2.31. The second kappa shape index (κ2) is 6.57. The van der Waals surface area contributed by atoms with Crippen LogP contribution in [0.4, 0.5) is 0 Å². The number of aromatic nitrogens is 2. The molecule has 2 rings (SSSR count). The highest BCUT2D eigenvalue weighted by atomic mass is 32.2. The van der Waals surface area contributed by atoms with E-state index in [0.29, 0.717) is 38.0 Å². The second-order valence-electron chi connectivity index (χ2n) is 5.36. The summed E-state index contributed by atoms with van der Waals surface area (Å²) in [7, 11) is -3.48. The number of amides is 1. The van der Waals surface area contributed by atoms with Gasteiger partial charge in [0.2, 0.25) is 15.9 Å². The van der Waals surface area contributed by atoms with Crippen LogP contribution in [-0.4, -0.2) is 48.0 Å². The predicted molar refractivity (Wildman–Crippen MR) is 78.2 cm³/mol. The monoisotopic (exact) mass is 314 g/mol. The molecule has 21 heavy (non-hydrogen) atoms. The number of carbonyl (C=O) groups is 1. The first-order valence-corrected chi connectivity index (χ1v) is 8.68. The Labute approximate surface area is 125 Å². The number of piperidine rings is 1. The Hall–Kier alpha value is -1.41. The smallest absolute Gasteiger partial charge is 0.246 e. The van der Waals surface area contributed by atoms with Crippen molar-refractivity contribution in [1.29, 1.82) is 0 Å². The van der Waals surface area contributed by atoms with Gasteiger partial charge in [0.1, 0.15) is 4.90 Å². The zero-order valence-electron chi connectivity index (χ0n) is 12.4. The molecule has 0 atom stereocenters. The number of rotatable bonds is 5. The van der Waals surface area contributed by atoms with Crippen molar-refractivity contribution in [3.05, 3.63) is 11.9 Å². The molecular formula is C13H22N4O3S. The number of H-pyrrole nitrogens is 1. The first-order valence-electron chi connectivity index (χ1n) is 7.24. The summed E-state index contributed by atoms with van der Waals surface area (Å²) in [5.74, 6) is 0.0458. The molecule has 8 heteroatoms. The molecule has 0 spiro atoms. The summed E-state index contributed by atoms with van der Waals surface area (Å²) >= 11 is 0. The Kier molecular flexibility index (Phi) is 5.00. The molecule has 1 aromatic rings. The summed E-state index contributed by atoms with van der Waals surface area (Å²) in [6, 6.07) is 0.0703. The highest BCUT2D eigenvalue weighted by molar-refractivity contribution is 7.89. The Morgan fingerprint density at radius 2 is 2.14 bits per heavy atom. The average molecular weight is 314 g/mol. The van der Waals surface area contributed by atoms with E-state index in [-0.39, 0.29) is 16.8 Å². The molecule has 1 aliphatic rings. The number of nitrogens with zero attached hydrogens (tertiary/aromatic N) is 2. The third-order valence-corrected chi connectivity index (χ3v) is 5.71. The maximum absolute atomic E-state index is 12.5. The summed E-state index contributed by atoms with van der Waals surface area (Å²) in [5, 5.41) is 9.38. The fourth-order valence-electron chi connectivity index (χ4n) is 2.51. The molecule has 7 nitrogen and oxygen atoms in total. The second-order valence-corrected chi connectivity index (χ2v) is 7.26. The van der Waals surface area contributed by atoms with Crippen molar-refractivity contribution in [2.24, 2.45) is 0 Å². The van der Waals surface area contributed by atoms with Gasteiger partial charge in [-0.3, -0.25) is 9.89 Å². The molecule has 0 aromatic carbocycles. The first kappa shape index (κ1) is 16.0. The average Bonchev–Trinajstić information content (AvgIpc) is 2.86. The Morgan fingerprint density at radius 3 is 2.67 bits per heavy atom. The molecule has 0 bridgehead atoms. The highest BCUT2D eigenvalue weighted by Gasteiger charge is 2.31. The van der Waals surface area contributed by atoms with Crippen molar-refractivity contribution in [1.82, 2.24) is 19.8 Å². The van der Waals surface area contributed by atoms with E-state index in [1.54, 1.807) is 6.92 Å². The summed E-state index contributed by atoms with van der Waals surface area (Å²) in [5.41, 5.74) is 0.549. The minimum absolute atomic E-state index is 0.0458. The predicted octanol–water partition coefficient (Wildman–Crippen LogP) is 0.788. The van der Waals surface area contributed by atoms with Crippen LogP contribution < -0.4 is 5.32 Å². The van der Waals surface area contributed by atoms with Crippen molar-refractivity contribution in [2.45, 2.75) is 50.5 Å². The zero-order chi connectivity index (χ0) is 15.5. The number of hydrogen-bond donors (Lipinski definition) is 2. The number of nitrogens with one attached hydrogen (secondary N) is 2. The molecule has 0 unspecified atom stereocenters. The fraction of sp³-hybridized carbons (Fsp3) is 0.692. The van der Waals surface area contributed by atoms with Crippen LogP contribution in [0.2, 0.25) is 0 Å². The van der Waals surface area contributed by atoms with Crippen molar-refractivity contribution in [3.8, 4) is 0 Å². The highest BCUT2D eigenvalue weighted by Crippen LogP contribution is 2.22. The van der Waals surface area contributed by atoms with Gasteiger partial charge < -0.3 is 5.32 Å². The quantitative estimate of drug-likeness (QED) is 0.840. The van der Waals surface area contributed by atoms with Gasteiger partial charge in [-0.25, -0.2) is 8.42 Å². The Morgan fingerprint density at radius 1 is 1.48 bits per heavy atom. The number of hydrogen-bond acceptors (Lipinski definition) is 4. The van der Waals surface area contributed by atoms with E-state index < -0.39 is 10.0 Å². The molecule has 0 aliphatic carbocycles. The maximum atomic E-state index is 12.5. The van der Waals surface area contributed by atoms with Crippen LogP contribution >= 0.6 is 0 Å². The molecule has 1 aliphatic heterocycles. The summed E-state index contributed by atoms with van der Waals surface area (Å²) in [4.78, 5) is 11.8. The number of carbonyl (C=O) groups excluding carboxylic acids is 1. The van der Waals surface area contributed by atoms with E-state index in [2.05, 4.69) is 15.5 Å². The molecular weight excluding hydrogens is 292 g/mol. The van der Waals surface area contributed by atoms with E-state index in [1.807, 2.05) is 6.92 Å². The molecule has 1 amide bonds. The van der Waals surface area contributed by atoms with E-state index in [9.17, 15) is 13.2 Å². The minimum atomic E-state index is -3.48. The fourth-order valence-corrected chi connectivity index (χ4v) is 4.09. The maximum Gasteiger partial charge on any atom is 0.246 e. The van der Waals surface area contributed by atoms with Gasteiger partial charge in [-0.2, -0.15) is 9.40 Å². The molecule has 0 saturated carbocycles. The van der Waals surface area contributed by atoms with E-state index in [0.717, 1.165) is 6.42 Å². The molecule has 2 N–H and O–H groups in total.